The zero-order chi connectivity index (χ0) is 21.3. The van der Waals surface area contributed by atoms with E-state index in [0.29, 0.717) is 27.6 Å². The molecule has 6 nitrogen and oxygen atoms in total. The van der Waals surface area contributed by atoms with Crippen molar-refractivity contribution in [3.8, 4) is 11.5 Å². The molecule has 0 aliphatic carbocycles. The first-order chi connectivity index (χ1) is 14.5. The number of esters is 1. The maximum absolute atomic E-state index is 12.3. The summed E-state index contributed by atoms with van der Waals surface area (Å²) in [4.78, 5) is 24.2. The van der Waals surface area contributed by atoms with Crippen LogP contribution in [0.5, 0.6) is 11.5 Å². The first kappa shape index (κ1) is 21.1. The van der Waals surface area contributed by atoms with Crippen molar-refractivity contribution in [2.24, 2.45) is 5.10 Å². The second-order valence-corrected chi connectivity index (χ2v) is 6.77. The molecule has 0 aliphatic rings. The van der Waals surface area contributed by atoms with Crippen LogP contribution >= 0.6 is 11.6 Å². The van der Waals surface area contributed by atoms with Crippen molar-refractivity contribution in [3.05, 3.63) is 94.5 Å². The van der Waals surface area contributed by atoms with E-state index in [0.717, 1.165) is 5.56 Å². The van der Waals surface area contributed by atoms with Gasteiger partial charge in [-0.2, -0.15) is 5.10 Å². The smallest absolute Gasteiger partial charge is 0.343 e. The van der Waals surface area contributed by atoms with Crippen LogP contribution in [0.25, 0.3) is 0 Å². The largest absolute Gasteiger partial charge is 0.484 e. The van der Waals surface area contributed by atoms with Crippen molar-refractivity contribution >= 4 is 29.7 Å². The van der Waals surface area contributed by atoms with E-state index in [2.05, 4.69) is 10.5 Å². The minimum Gasteiger partial charge on any atom is -0.484 e. The van der Waals surface area contributed by atoms with E-state index in [-0.39, 0.29) is 6.61 Å². The van der Waals surface area contributed by atoms with E-state index < -0.39 is 11.9 Å². The highest BCUT2D eigenvalue weighted by Crippen LogP contribution is 2.18. The van der Waals surface area contributed by atoms with Crippen molar-refractivity contribution in [3.63, 3.8) is 0 Å². The number of nitrogens with one attached hydrogen (secondary N) is 1. The maximum atomic E-state index is 12.3. The summed E-state index contributed by atoms with van der Waals surface area (Å²) in [6, 6.07) is 20.6. The molecule has 3 rings (SSSR count). The Morgan fingerprint density at radius 3 is 2.43 bits per heavy atom. The average Bonchev–Trinajstić information content (AvgIpc) is 2.75. The van der Waals surface area contributed by atoms with Gasteiger partial charge in [0.15, 0.2) is 6.61 Å². The Balaban J connectivity index is 1.56. The highest BCUT2D eigenvalue weighted by atomic mass is 35.5. The molecular formula is C23H19ClN2O4. The van der Waals surface area contributed by atoms with Gasteiger partial charge in [0.1, 0.15) is 11.5 Å². The molecule has 30 heavy (non-hydrogen) atoms. The number of aryl methyl sites for hydroxylation is 1. The molecule has 0 aromatic heterocycles. The predicted molar refractivity (Wildman–Crippen MR) is 115 cm³/mol. The normalized spacial score (nSPS) is 10.6. The molecule has 1 amide bonds. The highest BCUT2D eigenvalue weighted by Gasteiger charge is 2.11. The predicted octanol–water partition coefficient (Wildman–Crippen LogP) is 4.40. The van der Waals surface area contributed by atoms with Gasteiger partial charge in [-0.15, -0.1) is 0 Å². The fourth-order valence-electron chi connectivity index (χ4n) is 2.41. The van der Waals surface area contributed by atoms with Crippen molar-refractivity contribution < 1.29 is 19.1 Å². The Kier molecular flexibility index (Phi) is 7.19. The summed E-state index contributed by atoms with van der Waals surface area (Å²) in [5.74, 6) is -0.0314. The van der Waals surface area contributed by atoms with Gasteiger partial charge in [-0.25, -0.2) is 10.2 Å². The summed E-state index contributed by atoms with van der Waals surface area (Å²) in [7, 11) is 0. The first-order valence-electron chi connectivity index (χ1n) is 9.09. The SMILES string of the molecule is Cc1ccc(OCC(=O)N/N=C\c2ccccc2OC(=O)c2ccc(Cl)cc2)cc1. The fraction of sp³-hybridized carbons (Fsp3) is 0.0870. The number of nitrogens with zero attached hydrogens (tertiary/aromatic N) is 1. The van der Waals surface area contributed by atoms with Gasteiger partial charge in [0.25, 0.3) is 5.91 Å². The van der Waals surface area contributed by atoms with Crippen LogP contribution in [-0.4, -0.2) is 24.7 Å². The summed E-state index contributed by atoms with van der Waals surface area (Å²) in [5, 5.41) is 4.44. The first-order valence-corrected chi connectivity index (χ1v) is 9.47. The molecule has 0 fully saturated rings. The van der Waals surface area contributed by atoms with E-state index in [4.69, 9.17) is 21.1 Å². The zero-order valence-electron chi connectivity index (χ0n) is 16.2. The van der Waals surface area contributed by atoms with Gasteiger partial charge < -0.3 is 9.47 Å². The molecule has 0 heterocycles. The van der Waals surface area contributed by atoms with Crippen molar-refractivity contribution in [1.82, 2.24) is 5.43 Å². The van der Waals surface area contributed by atoms with E-state index in [1.165, 1.54) is 6.21 Å². The van der Waals surface area contributed by atoms with Crippen LogP contribution < -0.4 is 14.9 Å². The van der Waals surface area contributed by atoms with Crippen molar-refractivity contribution in [1.29, 1.82) is 0 Å². The molecule has 3 aromatic carbocycles. The number of hydrogen-bond donors (Lipinski definition) is 1. The summed E-state index contributed by atoms with van der Waals surface area (Å²) >= 11 is 5.84. The summed E-state index contributed by atoms with van der Waals surface area (Å²) in [6.07, 6.45) is 1.40. The third kappa shape index (κ3) is 6.18. The molecular weight excluding hydrogens is 404 g/mol. The van der Waals surface area contributed by atoms with Crippen LogP contribution in [0, 0.1) is 6.92 Å². The number of hydrogen-bond acceptors (Lipinski definition) is 5. The van der Waals surface area contributed by atoms with Gasteiger partial charge in [0, 0.05) is 10.6 Å². The number of benzene rings is 3. The molecule has 0 aliphatic heterocycles. The van der Waals surface area contributed by atoms with Crippen molar-refractivity contribution in [2.45, 2.75) is 6.92 Å². The number of carbonyl (C=O) groups excluding carboxylic acids is 2. The van der Waals surface area contributed by atoms with E-state index in [1.54, 1.807) is 60.7 Å². The van der Waals surface area contributed by atoms with Gasteiger partial charge in [-0.05, 0) is 55.5 Å². The summed E-state index contributed by atoms with van der Waals surface area (Å²) in [5.41, 5.74) is 4.38. The Morgan fingerprint density at radius 2 is 1.70 bits per heavy atom. The number of rotatable bonds is 7. The Labute approximate surface area is 179 Å². The van der Waals surface area contributed by atoms with E-state index in [9.17, 15) is 9.59 Å². The molecule has 0 atom stereocenters. The van der Waals surface area contributed by atoms with Gasteiger partial charge in [0.05, 0.1) is 11.8 Å². The maximum Gasteiger partial charge on any atom is 0.343 e. The second-order valence-electron chi connectivity index (χ2n) is 6.33. The lowest BCUT2D eigenvalue weighted by atomic mass is 10.2. The quantitative estimate of drug-likeness (QED) is 0.265. The highest BCUT2D eigenvalue weighted by molar-refractivity contribution is 6.30. The molecule has 152 valence electrons. The molecule has 0 saturated carbocycles. The average molecular weight is 423 g/mol. The third-order valence-electron chi connectivity index (χ3n) is 3.99. The topological polar surface area (TPSA) is 77.0 Å². The lowest BCUT2D eigenvalue weighted by molar-refractivity contribution is -0.123. The number of halogens is 1. The minimum absolute atomic E-state index is 0.173. The van der Waals surface area contributed by atoms with Gasteiger partial charge in [0.2, 0.25) is 0 Å². The molecule has 3 aromatic rings. The Bertz CT molecular complexity index is 1050. The van der Waals surface area contributed by atoms with Crippen LogP contribution in [0.15, 0.2) is 77.9 Å². The molecule has 0 spiro atoms. The standard InChI is InChI=1S/C23H19ClN2O4/c1-16-6-12-20(13-7-16)29-15-22(27)26-25-14-18-4-2-3-5-21(18)30-23(28)17-8-10-19(24)11-9-17/h2-14H,15H2,1H3,(H,26,27)/b25-14-. The number of ether oxygens (including phenoxy) is 2. The molecule has 0 radical (unpaired) electrons. The van der Waals surface area contributed by atoms with Crippen LogP contribution in [0.3, 0.4) is 0 Å². The third-order valence-corrected chi connectivity index (χ3v) is 4.24. The van der Waals surface area contributed by atoms with Gasteiger partial charge >= 0.3 is 5.97 Å². The molecule has 0 unspecified atom stereocenters. The van der Waals surface area contributed by atoms with E-state index in [1.807, 2.05) is 19.1 Å². The molecule has 7 heteroatoms. The van der Waals surface area contributed by atoms with Crippen molar-refractivity contribution in [2.75, 3.05) is 6.61 Å². The molecule has 1 N–H and O–H groups in total. The zero-order valence-corrected chi connectivity index (χ0v) is 16.9. The van der Waals surface area contributed by atoms with Crippen LogP contribution in [0.1, 0.15) is 21.5 Å². The summed E-state index contributed by atoms with van der Waals surface area (Å²) in [6.45, 7) is 1.80. The van der Waals surface area contributed by atoms with Crippen LogP contribution in [0.2, 0.25) is 5.02 Å². The van der Waals surface area contributed by atoms with Crippen LogP contribution in [0.4, 0.5) is 0 Å². The number of para-hydroxylation sites is 1. The van der Waals surface area contributed by atoms with Gasteiger partial charge in [-0.1, -0.05) is 41.4 Å². The monoisotopic (exact) mass is 422 g/mol. The minimum atomic E-state index is -0.525. The number of amides is 1. The Hall–Kier alpha value is -3.64. The summed E-state index contributed by atoms with van der Waals surface area (Å²) < 4.78 is 10.8. The van der Waals surface area contributed by atoms with E-state index >= 15 is 0 Å². The fourth-order valence-corrected chi connectivity index (χ4v) is 2.54. The number of hydrazone groups is 1. The molecule has 0 bridgehead atoms. The Morgan fingerprint density at radius 1 is 1.00 bits per heavy atom. The molecule has 0 saturated heterocycles. The lowest BCUT2D eigenvalue weighted by Crippen LogP contribution is -2.24. The number of carbonyl (C=O) groups is 2. The van der Waals surface area contributed by atoms with Crippen LogP contribution in [-0.2, 0) is 4.79 Å². The van der Waals surface area contributed by atoms with Gasteiger partial charge in [-0.3, -0.25) is 4.79 Å². The second kappa shape index (κ2) is 10.2. The lowest BCUT2D eigenvalue weighted by Gasteiger charge is -2.07.